The van der Waals surface area contributed by atoms with Gasteiger partial charge in [-0.1, -0.05) is 43.1 Å². The zero-order valence-electron chi connectivity index (χ0n) is 11.9. The van der Waals surface area contributed by atoms with E-state index >= 15 is 0 Å². The summed E-state index contributed by atoms with van der Waals surface area (Å²) < 4.78 is 0. The lowest BCUT2D eigenvalue weighted by atomic mass is 10.1. The summed E-state index contributed by atoms with van der Waals surface area (Å²) in [6.07, 6.45) is 2.37. The summed E-state index contributed by atoms with van der Waals surface area (Å²) in [6.45, 7) is 4.91. The molecule has 0 heterocycles. The number of hydrogen-bond acceptors (Lipinski definition) is 3. The number of carbonyl (C=O) groups is 1. The molecule has 1 aromatic carbocycles. The third-order valence-electron chi connectivity index (χ3n) is 2.68. The molecular weight excluding hydrogens is 309 g/mol. The van der Waals surface area contributed by atoms with E-state index in [4.69, 9.17) is 28.5 Å². The molecule has 0 aliphatic carbocycles. The largest absolute Gasteiger partial charge is 0.390 e. The van der Waals surface area contributed by atoms with Crippen LogP contribution in [-0.2, 0) is 4.79 Å². The maximum absolute atomic E-state index is 12.0. The monoisotopic (exact) mass is 325 g/mol. The van der Waals surface area contributed by atoms with E-state index in [1.54, 1.807) is 18.2 Å². The smallest absolute Gasteiger partial charge is 0.267 e. The van der Waals surface area contributed by atoms with Crippen LogP contribution in [0.2, 0.25) is 10.0 Å². The van der Waals surface area contributed by atoms with Gasteiger partial charge < -0.3 is 10.6 Å². The summed E-state index contributed by atoms with van der Waals surface area (Å²) >= 11 is 11.8. The van der Waals surface area contributed by atoms with Gasteiger partial charge in [0.1, 0.15) is 11.6 Å². The van der Waals surface area contributed by atoms with Gasteiger partial charge in [0, 0.05) is 12.7 Å². The average molecular weight is 326 g/mol. The molecule has 0 aliphatic heterocycles. The van der Waals surface area contributed by atoms with Gasteiger partial charge in [-0.3, -0.25) is 4.79 Å². The molecule has 0 radical (unpaired) electrons. The highest BCUT2D eigenvalue weighted by Crippen LogP contribution is 2.29. The van der Waals surface area contributed by atoms with Gasteiger partial charge in [-0.2, -0.15) is 5.26 Å². The Balaban J connectivity index is 2.69. The molecule has 112 valence electrons. The molecule has 6 heteroatoms. The lowest BCUT2D eigenvalue weighted by molar-refractivity contribution is -0.112. The highest BCUT2D eigenvalue weighted by atomic mass is 35.5. The predicted octanol–water partition coefficient (Wildman–Crippen LogP) is 3.98. The van der Waals surface area contributed by atoms with Crippen molar-refractivity contribution in [2.45, 2.75) is 20.3 Å². The van der Waals surface area contributed by atoms with Crippen LogP contribution in [0.15, 0.2) is 30.0 Å². The van der Waals surface area contributed by atoms with Crippen LogP contribution in [-0.4, -0.2) is 12.5 Å². The highest BCUT2D eigenvalue weighted by Gasteiger charge is 2.12. The maximum atomic E-state index is 12.0. The number of rotatable bonds is 6. The minimum atomic E-state index is -0.529. The molecule has 1 aromatic rings. The second kappa shape index (κ2) is 8.56. The molecule has 0 atom stereocenters. The number of amides is 1. The zero-order valence-corrected chi connectivity index (χ0v) is 13.4. The van der Waals surface area contributed by atoms with Gasteiger partial charge in [0.25, 0.3) is 5.91 Å². The number of nitrogens with zero attached hydrogens (tertiary/aromatic N) is 1. The first-order valence-corrected chi connectivity index (χ1v) is 7.30. The molecular formula is C15H17Cl2N3O. The first-order chi connectivity index (χ1) is 9.95. The first kappa shape index (κ1) is 17.4. The summed E-state index contributed by atoms with van der Waals surface area (Å²) in [5.74, 6) is 0.0224. The Kier molecular flexibility index (Phi) is 7.07. The van der Waals surface area contributed by atoms with Crippen molar-refractivity contribution < 1.29 is 4.79 Å². The second-order valence-corrected chi connectivity index (χ2v) is 5.65. The van der Waals surface area contributed by atoms with Crippen LogP contribution >= 0.6 is 23.2 Å². The Morgan fingerprint density at radius 1 is 1.43 bits per heavy atom. The minimum absolute atomic E-state index is 0.0187. The third-order valence-corrected chi connectivity index (χ3v) is 3.50. The second-order valence-electron chi connectivity index (χ2n) is 4.86. The fourth-order valence-electron chi connectivity index (χ4n) is 1.48. The molecule has 0 fully saturated rings. The van der Waals surface area contributed by atoms with E-state index in [2.05, 4.69) is 24.5 Å². The normalized spacial score (nSPS) is 11.1. The third kappa shape index (κ3) is 5.66. The molecule has 0 unspecified atom stereocenters. The van der Waals surface area contributed by atoms with E-state index < -0.39 is 5.91 Å². The van der Waals surface area contributed by atoms with Crippen molar-refractivity contribution >= 4 is 34.8 Å². The van der Waals surface area contributed by atoms with Gasteiger partial charge in [0.15, 0.2) is 0 Å². The van der Waals surface area contributed by atoms with Gasteiger partial charge in [-0.05, 0) is 24.5 Å². The van der Waals surface area contributed by atoms with Gasteiger partial charge in [-0.25, -0.2) is 0 Å². The van der Waals surface area contributed by atoms with Crippen molar-refractivity contribution in [2.75, 3.05) is 11.9 Å². The number of benzene rings is 1. The minimum Gasteiger partial charge on any atom is -0.390 e. The van der Waals surface area contributed by atoms with Crippen LogP contribution in [0.5, 0.6) is 0 Å². The Labute approximate surface area is 134 Å². The Morgan fingerprint density at radius 3 is 2.76 bits per heavy atom. The van der Waals surface area contributed by atoms with Crippen LogP contribution in [0.3, 0.4) is 0 Å². The van der Waals surface area contributed by atoms with E-state index in [1.165, 1.54) is 6.20 Å². The maximum Gasteiger partial charge on any atom is 0.267 e. The van der Waals surface area contributed by atoms with Crippen LogP contribution in [0, 0.1) is 17.2 Å². The van der Waals surface area contributed by atoms with Gasteiger partial charge in [0.05, 0.1) is 15.7 Å². The SMILES string of the molecule is CC(C)CCN/C=C(/C#N)C(=O)Nc1cccc(Cl)c1Cl. The summed E-state index contributed by atoms with van der Waals surface area (Å²) in [7, 11) is 0. The zero-order chi connectivity index (χ0) is 15.8. The van der Waals surface area contributed by atoms with E-state index in [0.717, 1.165) is 6.42 Å². The number of nitrogens with one attached hydrogen (secondary N) is 2. The molecule has 2 N–H and O–H groups in total. The molecule has 0 spiro atoms. The Hall–Kier alpha value is -1.70. The van der Waals surface area contributed by atoms with Crippen molar-refractivity contribution in [3.05, 3.63) is 40.0 Å². The summed E-state index contributed by atoms with van der Waals surface area (Å²) in [6, 6.07) is 6.76. The number of carbonyl (C=O) groups excluding carboxylic acids is 1. The number of anilines is 1. The fourth-order valence-corrected chi connectivity index (χ4v) is 1.83. The van der Waals surface area contributed by atoms with E-state index in [-0.39, 0.29) is 10.6 Å². The summed E-state index contributed by atoms with van der Waals surface area (Å²) in [5, 5.41) is 15.1. The van der Waals surface area contributed by atoms with Crippen molar-refractivity contribution in [3.63, 3.8) is 0 Å². The van der Waals surface area contributed by atoms with Gasteiger partial charge >= 0.3 is 0 Å². The van der Waals surface area contributed by atoms with Crippen molar-refractivity contribution in [2.24, 2.45) is 5.92 Å². The molecule has 1 rings (SSSR count). The standard InChI is InChI=1S/C15H17Cl2N3O/c1-10(2)6-7-19-9-11(8-18)15(21)20-13-5-3-4-12(16)14(13)17/h3-5,9-10,19H,6-7H2,1-2H3,(H,20,21)/b11-9-. The van der Waals surface area contributed by atoms with E-state index in [0.29, 0.717) is 23.2 Å². The fraction of sp³-hybridized carbons (Fsp3) is 0.333. The molecule has 0 bridgehead atoms. The number of halogens is 2. The van der Waals surface area contributed by atoms with Crippen LogP contribution in [0.4, 0.5) is 5.69 Å². The lowest BCUT2D eigenvalue weighted by Gasteiger charge is -2.08. The van der Waals surface area contributed by atoms with Crippen LogP contribution < -0.4 is 10.6 Å². The molecule has 1 amide bonds. The quantitative estimate of drug-likeness (QED) is 0.472. The Bertz CT molecular complexity index is 577. The van der Waals surface area contributed by atoms with Gasteiger partial charge in [-0.15, -0.1) is 0 Å². The number of nitriles is 1. The molecule has 0 saturated heterocycles. The van der Waals surface area contributed by atoms with Crippen molar-refractivity contribution in [1.29, 1.82) is 5.26 Å². The summed E-state index contributed by atoms with van der Waals surface area (Å²) in [4.78, 5) is 12.0. The molecule has 0 aliphatic rings. The summed E-state index contributed by atoms with van der Waals surface area (Å²) in [5.41, 5.74) is 0.354. The van der Waals surface area contributed by atoms with Crippen LogP contribution in [0.1, 0.15) is 20.3 Å². The lowest BCUT2D eigenvalue weighted by Crippen LogP contribution is -2.18. The van der Waals surface area contributed by atoms with E-state index in [9.17, 15) is 4.79 Å². The predicted molar refractivity (Wildman–Crippen MR) is 86.2 cm³/mol. The van der Waals surface area contributed by atoms with Crippen molar-refractivity contribution in [3.8, 4) is 6.07 Å². The topological polar surface area (TPSA) is 64.9 Å². The van der Waals surface area contributed by atoms with Crippen molar-refractivity contribution in [1.82, 2.24) is 5.32 Å². The average Bonchev–Trinajstić information content (AvgIpc) is 2.43. The highest BCUT2D eigenvalue weighted by molar-refractivity contribution is 6.44. The molecule has 21 heavy (non-hydrogen) atoms. The van der Waals surface area contributed by atoms with Gasteiger partial charge in [0.2, 0.25) is 0 Å². The van der Waals surface area contributed by atoms with Crippen LogP contribution in [0.25, 0.3) is 0 Å². The van der Waals surface area contributed by atoms with E-state index in [1.807, 2.05) is 6.07 Å². The Morgan fingerprint density at radius 2 is 2.14 bits per heavy atom. The molecule has 0 aromatic heterocycles. The molecule has 4 nitrogen and oxygen atoms in total. The first-order valence-electron chi connectivity index (χ1n) is 6.54. The molecule has 0 saturated carbocycles. The number of hydrogen-bond donors (Lipinski definition) is 2.